The minimum Gasteiger partial charge on any atom is -0.493 e. The molecule has 2 aromatic carbocycles. The lowest BCUT2D eigenvalue weighted by Crippen LogP contribution is -2.38. The van der Waals surface area contributed by atoms with Crippen LogP contribution in [0.25, 0.3) is 0 Å². The number of hydrogen-bond donors (Lipinski definition) is 1. The highest BCUT2D eigenvalue weighted by Crippen LogP contribution is 2.41. The first-order valence-electron chi connectivity index (χ1n) is 12.2. The van der Waals surface area contributed by atoms with Crippen molar-refractivity contribution < 1.29 is 28.5 Å². The molecule has 3 aromatic rings. The summed E-state index contributed by atoms with van der Waals surface area (Å²) >= 11 is 7.54. The molecule has 2 heterocycles. The second-order valence-corrected chi connectivity index (χ2v) is 9.85. The third kappa shape index (κ3) is 6.14. The van der Waals surface area contributed by atoms with E-state index in [-0.39, 0.29) is 17.7 Å². The van der Waals surface area contributed by atoms with Gasteiger partial charge in [0.2, 0.25) is 5.75 Å². The van der Waals surface area contributed by atoms with Gasteiger partial charge in [-0.15, -0.1) is 11.3 Å². The van der Waals surface area contributed by atoms with Crippen LogP contribution in [0.15, 0.2) is 41.8 Å². The summed E-state index contributed by atoms with van der Waals surface area (Å²) < 4.78 is 21.8. The van der Waals surface area contributed by atoms with Crippen molar-refractivity contribution in [2.75, 3.05) is 47.6 Å². The minimum atomic E-state index is -0.247. The maximum Gasteiger partial charge on any atom is 0.270 e. The highest BCUT2D eigenvalue weighted by Gasteiger charge is 2.30. The number of carbonyl (C=O) groups is 2. The topological polar surface area (TPSA) is 99.2 Å². The van der Waals surface area contributed by atoms with Gasteiger partial charge in [0.05, 0.1) is 43.5 Å². The van der Waals surface area contributed by atoms with Crippen LogP contribution in [-0.4, -0.2) is 69.3 Å². The van der Waals surface area contributed by atoms with E-state index >= 15 is 0 Å². The highest BCUT2D eigenvalue weighted by atomic mass is 35.5. The fourth-order valence-electron chi connectivity index (χ4n) is 4.33. The Morgan fingerprint density at radius 3 is 2.45 bits per heavy atom. The monoisotopic (exact) mass is 559 g/mol. The fourth-order valence-corrected chi connectivity index (χ4v) is 5.49. The van der Waals surface area contributed by atoms with Crippen molar-refractivity contribution in [1.82, 2.24) is 15.2 Å². The standard InChI is InChI=1S/C27H30ClN3O6S/c1-34-22-9-8-18(23(35-2)24(22)36-3)27(33)31-13-10-17(11-14-31)26-30-20(16-38-26)25(32)29-12-15-37-21-7-5-4-6-19(21)28/h4-9,16-17H,10-15H2,1-3H3,(H,29,32). The number of hydrogen-bond acceptors (Lipinski definition) is 8. The molecule has 2 amide bonds. The number of nitrogens with zero attached hydrogens (tertiary/aromatic N) is 2. The minimum absolute atomic E-state index is 0.125. The molecule has 0 saturated carbocycles. The first kappa shape index (κ1) is 27.5. The normalized spacial score (nSPS) is 13.6. The van der Waals surface area contributed by atoms with Gasteiger partial charge in [0.1, 0.15) is 18.1 Å². The van der Waals surface area contributed by atoms with Gasteiger partial charge in [0, 0.05) is 24.4 Å². The van der Waals surface area contributed by atoms with E-state index in [0.29, 0.717) is 65.5 Å². The number of nitrogens with one attached hydrogen (secondary N) is 1. The Balaban J connectivity index is 1.30. The first-order valence-corrected chi connectivity index (χ1v) is 13.4. The van der Waals surface area contributed by atoms with Crippen LogP contribution in [0.3, 0.4) is 0 Å². The van der Waals surface area contributed by atoms with E-state index < -0.39 is 0 Å². The van der Waals surface area contributed by atoms with E-state index in [1.54, 1.807) is 34.5 Å². The summed E-state index contributed by atoms with van der Waals surface area (Å²) in [5.41, 5.74) is 0.812. The Bertz CT molecular complexity index is 1280. The molecule has 9 nitrogen and oxygen atoms in total. The van der Waals surface area contributed by atoms with Crippen molar-refractivity contribution in [2.45, 2.75) is 18.8 Å². The number of ether oxygens (including phenoxy) is 4. The van der Waals surface area contributed by atoms with Crippen LogP contribution >= 0.6 is 22.9 Å². The van der Waals surface area contributed by atoms with Gasteiger partial charge in [-0.25, -0.2) is 4.98 Å². The Kier molecular flexibility index (Phi) is 9.30. The summed E-state index contributed by atoms with van der Waals surface area (Å²) in [7, 11) is 4.55. The number of amides is 2. The number of para-hydroxylation sites is 1. The largest absolute Gasteiger partial charge is 0.493 e. The summed E-state index contributed by atoms with van der Waals surface area (Å²) in [5.74, 6) is 1.63. The van der Waals surface area contributed by atoms with E-state index in [1.165, 1.54) is 32.7 Å². The van der Waals surface area contributed by atoms with Crippen molar-refractivity contribution >= 4 is 34.8 Å². The Morgan fingerprint density at radius 1 is 1.03 bits per heavy atom. The van der Waals surface area contributed by atoms with Crippen LogP contribution < -0.4 is 24.3 Å². The number of carbonyl (C=O) groups excluding carboxylic acids is 2. The lowest BCUT2D eigenvalue weighted by Gasteiger charge is -2.31. The lowest BCUT2D eigenvalue weighted by molar-refractivity contribution is 0.0708. The van der Waals surface area contributed by atoms with E-state index in [2.05, 4.69) is 10.3 Å². The van der Waals surface area contributed by atoms with Gasteiger partial charge in [-0.2, -0.15) is 0 Å². The predicted octanol–water partition coefficient (Wildman–Crippen LogP) is 4.65. The van der Waals surface area contributed by atoms with E-state index in [9.17, 15) is 9.59 Å². The summed E-state index contributed by atoms with van der Waals surface area (Å²) in [6, 6.07) is 10.6. The Labute approximate surface area is 230 Å². The maximum absolute atomic E-state index is 13.3. The van der Waals surface area contributed by atoms with Crippen molar-refractivity contribution in [3.8, 4) is 23.0 Å². The smallest absolute Gasteiger partial charge is 0.270 e. The zero-order chi connectivity index (χ0) is 27.1. The molecule has 4 rings (SSSR count). The summed E-state index contributed by atoms with van der Waals surface area (Å²) in [6.45, 7) is 1.77. The molecule has 0 radical (unpaired) electrons. The van der Waals surface area contributed by atoms with Gasteiger partial charge in [-0.05, 0) is 37.1 Å². The number of thiazole rings is 1. The molecule has 1 aromatic heterocycles. The van der Waals surface area contributed by atoms with Crippen LogP contribution in [-0.2, 0) is 0 Å². The quantitative estimate of drug-likeness (QED) is 0.361. The Hall–Kier alpha value is -3.50. The number of rotatable bonds is 10. The average molecular weight is 560 g/mol. The third-order valence-electron chi connectivity index (χ3n) is 6.30. The van der Waals surface area contributed by atoms with Crippen LogP contribution in [0.5, 0.6) is 23.0 Å². The molecule has 1 N–H and O–H groups in total. The molecule has 0 spiro atoms. The Morgan fingerprint density at radius 2 is 1.76 bits per heavy atom. The van der Waals surface area contributed by atoms with Gasteiger partial charge < -0.3 is 29.2 Å². The molecule has 1 saturated heterocycles. The molecule has 0 atom stereocenters. The molecule has 11 heteroatoms. The zero-order valence-corrected chi connectivity index (χ0v) is 23.1. The zero-order valence-electron chi connectivity index (χ0n) is 21.5. The SMILES string of the molecule is COc1ccc(C(=O)N2CCC(c3nc(C(=O)NCCOc4ccccc4Cl)cs3)CC2)c(OC)c1OC. The van der Waals surface area contributed by atoms with E-state index in [4.69, 9.17) is 30.5 Å². The van der Waals surface area contributed by atoms with Gasteiger partial charge in [-0.3, -0.25) is 9.59 Å². The van der Waals surface area contributed by atoms with E-state index in [1.807, 2.05) is 12.1 Å². The second-order valence-electron chi connectivity index (χ2n) is 8.55. The number of likely N-dealkylation sites (tertiary alicyclic amines) is 1. The molecule has 38 heavy (non-hydrogen) atoms. The molecule has 202 valence electrons. The number of piperidine rings is 1. The van der Waals surface area contributed by atoms with Crippen LogP contribution in [0.2, 0.25) is 5.02 Å². The highest BCUT2D eigenvalue weighted by molar-refractivity contribution is 7.09. The van der Waals surface area contributed by atoms with Crippen molar-refractivity contribution in [1.29, 1.82) is 0 Å². The summed E-state index contributed by atoms with van der Waals surface area (Å²) in [4.78, 5) is 32.2. The molecular formula is C27H30ClN3O6S. The fraction of sp³-hybridized carbons (Fsp3) is 0.370. The molecule has 0 aliphatic carbocycles. The maximum atomic E-state index is 13.3. The van der Waals surface area contributed by atoms with Gasteiger partial charge >= 0.3 is 0 Å². The van der Waals surface area contributed by atoms with Crippen molar-refractivity contribution in [3.05, 3.63) is 63.1 Å². The third-order valence-corrected chi connectivity index (χ3v) is 7.62. The molecule has 0 unspecified atom stereocenters. The van der Waals surface area contributed by atoms with Crippen molar-refractivity contribution in [3.63, 3.8) is 0 Å². The molecular weight excluding hydrogens is 530 g/mol. The van der Waals surface area contributed by atoms with Crippen LogP contribution in [0.4, 0.5) is 0 Å². The van der Waals surface area contributed by atoms with E-state index in [0.717, 1.165) is 17.8 Å². The summed E-state index contributed by atoms with van der Waals surface area (Å²) in [5, 5.41) is 6.02. The molecule has 0 bridgehead atoms. The molecule has 1 aliphatic heterocycles. The average Bonchev–Trinajstić information content (AvgIpc) is 3.45. The lowest BCUT2D eigenvalue weighted by atomic mass is 9.97. The number of halogens is 1. The first-order chi connectivity index (χ1) is 18.5. The number of methoxy groups -OCH3 is 3. The predicted molar refractivity (Wildman–Crippen MR) is 145 cm³/mol. The molecule has 1 fully saturated rings. The second kappa shape index (κ2) is 12.8. The van der Waals surface area contributed by atoms with Gasteiger partial charge in [0.15, 0.2) is 11.5 Å². The van der Waals surface area contributed by atoms with Crippen molar-refractivity contribution in [2.24, 2.45) is 0 Å². The number of benzene rings is 2. The molecule has 1 aliphatic rings. The van der Waals surface area contributed by atoms with Crippen LogP contribution in [0, 0.1) is 0 Å². The number of aromatic nitrogens is 1. The van der Waals surface area contributed by atoms with Gasteiger partial charge in [0.25, 0.3) is 11.8 Å². The van der Waals surface area contributed by atoms with Gasteiger partial charge in [-0.1, -0.05) is 23.7 Å². The summed E-state index contributed by atoms with van der Waals surface area (Å²) in [6.07, 6.45) is 1.50. The van der Waals surface area contributed by atoms with Crippen LogP contribution in [0.1, 0.15) is 44.6 Å².